The Morgan fingerprint density at radius 3 is 2.47 bits per heavy atom. The lowest BCUT2D eigenvalue weighted by Gasteiger charge is -2.34. The Hall–Kier alpha value is -0.360. The van der Waals surface area contributed by atoms with Gasteiger partial charge in [0.05, 0.1) is 17.0 Å². The second-order valence-corrected chi connectivity index (χ2v) is 7.95. The van der Waals surface area contributed by atoms with Gasteiger partial charge in [-0.25, -0.2) is 8.42 Å². The van der Waals surface area contributed by atoms with Crippen molar-refractivity contribution in [3.8, 4) is 0 Å². The summed E-state index contributed by atoms with van der Waals surface area (Å²) in [5.74, 6) is 0.479. The minimum Gasteiger partial charge on any atom is -0.356 e. The molecule has 2 fully saturated rings. The summed E-state index contributed by atoms with van der Waals surface area (Å²) in [4.78, 5) is 2.16. The van der Waals surface area contributed by atoms with E-state index in [2.05, 4.69) is 10.2 Å². The van der Waals surface area contributed by atoms with E-state index in [1.165, 1.54) is 19.3 Å². The molecule has 1 N–H and O–H groups in total. The fourth-order valence-electron chi connectivity index (χ4n) is 2.54. The van der Waals surface area contributed by atoms with Crippen LogP contribution in [0.5, 0.6) is 0 Å². The fraction of sp³-hybridized carbons (Fsp3) is 0.909. The molecular formula is C11H20N2O2S2. The molecule has 2 rings (SSSR count). The molecule has 0 unspecified atom stereocenters. The van der Waals surface area contributed by atoms with E-state index < -0.39 is 9.84 Å². The van der Waals surface area contributed by atoms with E-state index in [0.717, 1.165) is 18.2 Å². The molecule has 0 bridgehead atoms. The zero-order valence-electron chi connectivity index (χ0n) is 10.2. The van der Waals surface area contributed by atoms with E-state index in [0.29, 0.717) is 6.42 Å². The van der Waals surface area contributed by atoms with E-state index in [1.54, 1.807) is 0 Å². The third-order valence-corrected chi connectivity index (χ3v) is 5.82. The van der Waals surface area contributed by atoms with E-state index in [-0.39, 0.29) is 17.0 Å². The van der Waals surface area contributed by atoms with Crippen molar-refractivity contribution in [2.24, 2.45) is 0 Å². The van der Waals surface area contributed by atoms with Gasteiger partial charge in [-0.1, -0.05) is 0 Å². The monoisotopic (exact) mass is 276 g/mol. The molecule has 0 radical (unpaired) electrons. The third-order valence-electron chi connectivity index (χ3n) is 3.56. The van der Waals surface area contributed by atoms with Crippen molar-refractivity contribution in [2.45, 2.75) is 38.1 Å². The molecule has 2 saturated heterocycles. The standard InChI is InChI=1S/C11H20N2O2S2/c1-11(5-8-17(14,15)9-11)12-10(16)13-6-3-2-4-7-13/h2-9H2,1H3,(H,12,16)/t11-/m1/s1. The molecule has 6 heteroatoms. The smallest absolute Gasteiger partial charge is 0.169 e. The molecule has 0 aromatic heterocycles. The highest BCUT2D eigenvalue weighted by Gasteiger charge is 2.39. The SMILES string of the molecule is C[C@@]1(NC(=S)N2CCCCC2)CCS(=O)(=O)C1. The van der Waals surface area contributed by atoms with Crippen LogP contribution in [0.15, 0.2) is 0 Å². The molecule has 2 aliphatic rings. The van der Waals surface area contributed by atoms with Gasteiger partial charge in [-0.2, -0.15) is 0 Å². The van der Waals surface area contributed by atoms with Crippen LogP contribution >= 0.6 is 12.2 Å². The molecule has 1 atom stereocenters. The molecule has 0 aromatic rings. The second kappa shape index (κ2) is 4.72. The largest absolute Gasteiger partial charge is 0.356 e. The Balaban J connectivity index is 1.94. The quantitative estimate of drug-likeness (QED) is 0.722. The molecule has 0 aromatic carbocycles. The van der Waals surface area contributed by atoms with Gasteiger partial charge in [0, 0.05) is 13.1 Å². The number of likely N-dealkylation sites (tertiary alicyclic amines) is 1. The molecular weight excluding hydrogens is 256 g/mol. The van der Waals surface area contributed by atoms with E-state index >= 15 is 0 Å². The maximum absolute atomic E-state index is 11.5. The van der Waals surface area contributed by atoms with Crippen LogP contribution in [0, 0.1) is 0 Å². The van der Waals surface area contributed by atoms with Crippen LogP contribution in [0.1, 0.15) is 32.6 Å². The number of nitrogens with zero attached hydrogens (tertiary/aromatic N) is 1. The van der Waals surface area contributed by atoms with Crippen LogP contribution in [0.2, 0.25) is 0 Å². The Kier molecular flexibility index (Phi) is 3.63. The summed E-state index contributed by atoms with van der Waals surface area (Å²) in [6.07, 6.45) is 4.28. The van der Waals surface area contributed by atoms with Crippen molar-refractivity contribution in [1.29, 1.82) is 0 Å². The number of piperidine rings is 1. The Bertz CT molecular complexity index is 402. The van der Waals surface area contributed by atoms with Gasteiger partial charge in [-0.05, 0) is 44.8 Å². The van der Waals surface area contributed by atoms with Gasteiger partial charge in [0.2, 0.25) is 0 Å². The Morgan fingerprint density at radius 1 is 1.29 bits per heavy atom. The number of hydrogen-bond donors (Lipinski definition) is 1. The van der Waals surface area contributed by atoms with E-state index in [4.69, 9.17) is 12.2 Å². The number of nitrogens with one attached hydrogen (secondary N) is 1. The van der Waals surface area contributed by atoms with Crippen molar-refractivity contribution in [3.63, 3.8) is 0 Å². The highest BCUT2D eigenvalue weighted by atomic mass is 32.2. The Labute approximate surface area is 109 Å². The molecule has 0 aliphatic carbocycles. The van der Waals surface area contributed by atoms with Crippen molar-refractivity contribution in [2.75, 3.05) is 24.6 Å². The van der Waals surface area contributed by atoms with Gasteiger partial charge < -0.3 is 10.2 Å². The first-order chi connectivity index (χ1) is 7.90. The summed E-state index contributed by atoms with van der Waals surface area (Å²) in [6.45, 7) is 3.94. The fourth-order valence-corrected chi connectivity index (χ4v) is 5.07. The lowest BCUT2D eigenvalue weighted by atomic mass is 10.0. The molecule has 0 spiro atoms. The highest BCUT2D eigenvalue weighted by molar-refractivity contribution is 7.91. The van der Waals surface area contributed by atoms with Crippen LogP contribution in [-0.4, -0.2) is 48.6 Å². The average molecular weight is 276 g/mol. The summed E-state index contributed by atoms with van der Waals surface area (Å²) in [7, 11) is -2.87. The number of hydrogen-bond acceptors (Lipinski definition) is 3. The average Bonchev–Trinajstić information content (AvgIpc) is 2.54. The predicted octanol–water partition coefficient (Wildman–Crippen LogP) is 0.924. The van der Waals surface area contributed by atoms with Gasteiger partial charge in [0.25, 0.3) is 0 Å². The normalized spacial score (nSPS) is 32.4. The zero-order valence-corrected chi connectivity index (χ0v) is 11.9. The lowest BCUT2D eigenvalue weighted by molar-refractivity contribution is 0.324. The summed E-state index contributed by atoms with van der Waals surface area (Å²) < 4.78 is 23.0. The van der Waals surface area contributed by atoms with E-state index in [1.807, 2.05) is 6.92 Å². The van der Waals surface area contributed by atoms with Crippen LogP contribution < -0.4 is 5.32 Å². The molecule has 2 heterocycles. The predicted molar refractivity (Wildman–Crippen MR) is 72.8 cm³/mol. The zero-order chi connectivity index (χ0) is 12.5. The van der Waals surface area contributed by atoms with Crippen LogP contribution in [0.4, 0.5) is 0 Å². The van der Waals surface area contributed by atoms with Crippen LogP contribution in [0.25, 0.3) is 0 Å². The number of sulfone groups is 1. The van der Waals surface area contributed by atoms with Crippen molar-refractivity contribution >= 4 is 27.2 Å². The second-order valence-electron chi connectivity index (χ2n) is 5.38. The third kappa shape index (κ3) is 3.31. The number of thiocarbonyl (C=S) groups is 1. The van der Waals surface area contributed by atoms with Crippen LogP contribution in [-0.2, 0) is 9.84 Å². The molecule has 2 aliphatic heterocycles. The minimum atomic E-state index is -2.87. The maximum Gasteiger partial charge on any atom is 0.169 e. The lowest BCUT2D eigenvalue weighted by Crippen LogP contribution is -2.53. The van der Waals surface area contributed by atoms with Gasteiger partial charge in [-0.15, -0.1) is 0 Å². The highest BCUT2D eigenvalue weighted by Crippen LogP contribution is 2.23. The van der Waals surface area contributed by atoms with E-state index in [9.17, 15) is 8.42 Å². The number of rotatable bonds is 1. The van der Waals surface area contributed by atoms with Crippen molar-refractivity contribution < 1.29 is 8.42 Å². The Morgan fingerprint density at radius 2 is 1.94 bits per heavy atom. The first-order valence-corrected chi connectivity index (χ1v) is 8.41. The van der Waals surface area contributed by atoms with Gasteiger partial charge in [-0.3, -0.25) is 0 Å². The van der Waals surface area contributed by atoms with Gasteiger partial charge >= 0.3 is 0 Å². The molecule has 4 nitrogen and oxygen atoms in total. The first kappa shape index (κ1) is 13.1. The molecule has 0 saturated carbocycles. The summed E-state index contributed by atoms with van der Waals surface area (Å²) in [5.41, 5.74) is -0.368. The van der Waals surface area contributed by atoms with Crippen LogP contribution in [0.3, 0.4) is 0 Å². The minimum absolute atomic E-state index is 0.202. The van der Waals surface area contributed by atoms with Crippen molar-refractivity contribution in [1.82, 2.24) is 10.2 Å². The summed E-state index contributed by atoms with van der Waals surface area (Å²) >= 11 is 5.38. The summed E-state index contributed by atoms with van der Waals surface area (Å²) in [6, 6.07) is 0. The topological polar surface area (TPSA) is 49.4 Å². The van der Waals surface area contributed by atoms with Gasteiger partial charge in [0.1, 0.15) is 0 Å². The van der Waals surface area contributed by atoms with Gasteiger partial charge in [0.15, 0.2) is 14.9 Å². The molecule has 17 heavy (non-hydrogen) atoms. The first-order valence-electron chi connectivity index (χ1n) is 6.18. The summed E-state index contributed by atoms with van der Waals surface area (Å²) in [5, 5.41) is 3.98. The molecule has 0 amide bonds. The molecule has 98 valence electrons. The maximum atomic E-state index is 11.5. The van der Waals surface area contributed by atoms with Crippen molar-refractivity contribution in [3.05, 3.63) is 0 Å².